The summed E-state index contributed by atoms with van der Waals surface area (Å²) >= 11 is 6.19. The van der Waals surface area contributed by atoms with Gasteiger partial charge in [-0.3, -0.25) is 0 Å². The zero-order valence-electron chi connectivity index (χ0n) is 14.3. The van der Waals surface area contributed by atoms with E-state index in [4.69, 9.17) is 26.3 Å². The van der Waals surface area contributed by atoms with Crippen molar-refractivity contribution in [2.75, 3.05) is 24.7 Å². The van der Waals surface area contributed by atoms with E-state index in [0.717, 1.165) is 55.6 Å². The lowest BCUT2D eigenvalue weighted by molar-refractivity contribution is 0.0780. The van der Waals surface area contributed by atoms with Gasteiger partial charge < -0.3 is 9.64 Å². The molecule has 1 unspecified atom stereocenters. The number of ether oxygens (including phenoxy) is 1. The van der Waals surface area contributed by atoms with Gasteiger partial charge in [0.05, 0.1) is 12.3 Å². The third-order valence-corrected chi connectivity index (χ3v) is 5.89. The predicted octanol–water partition coefficient (Wildman–Crippen LogP) is 3.91. The van der Waals surface area contributed by atoms with Crippen LogP contribution < -0.4 is 4.90 Å². The summed E-state index contributed by atoms with van der Waals surface area (Å²) in [5.74, 6) is 2.18. The molecule has 25 heavy (non-hydrogen) atoms. The van der Waals surface area contributed by atoms with Crippen LogP contribution in [0.25, 0.3) is 0 Å². The summed E-state index contributed by atoms with van der Waals surface area (Å²) in [5.41, 5.74) is 3.72. The Morgan fingerprint density at radius 3 is 2.92 bits per heavy atom. The summed E-state index contributed by atoms with van der Waals surface area (Å²) in [6, 6.07) is 4.05. The van der Waals surface area contributed by atoms with Crippen LogP contribution in [0.3, 0.4) is 0 Å². The zero-order valence-corrected chi connectivity index (χ0v) is 15.1. The summed E-state index contributed by atoms with van der Waals surface area (Å²) in [4.78, 5) is 16.2. The molecule has 1 spiro atoms. The van der Waals surface area contributed by atoms with Crippen molar-refractivity contribution in [3.05, 3.63) is 40.6 Å². The molecule has 6 heteroatoms. The molecular formula is C19H21ClN4O. The quantitative estimate of drug-likeness (QED) is 0.763. The number of pyridine rings is 1. The molecule has 2 aromatic heterocycles. The Hall–Kier alpha value is -1.72. The minimum atomic E-state index is 0.250. The topological polar surface area (TPSA) is 51.1 Å². The maximum atomic E-state index is 6.19. The molecule has 4 heterocycles. The first-order chi connectivity index (χ1) is 12.1. The summed E-state index contributed by atoms with van der Waals surface area (Å²) in [6.07, 6.45) is 6.56. The number of aromatic nitrogens is 3. The maximum Gasteiger partial charge on any atom is 0.137 e. The third-order valence-electron chi connectivity index (χ3n) is 5.69. The number of rotatable bonds is 2. The third kappa shape index (κ3) is 2.61. The van der Waals surface area contributed by atoms with Gasteiger partial charge in [-0.1, -0.05) is 11.6 Å². The van der Waals surface area contributed by atoms with Crippen LogP contribution in [0.5, 0.6) is 0 Å². The van der Waals surface area contributed by atoms with Gasteiger partial charge in [0.25, 0.3) is 0 Å². The smallest absolute Gasteiger partial charge is 0.137 e. The highest BCUT2D eigenvalue weighted by Gasteiger charge is 2.52. The average molecular weight is 357 g/mol. The lowest BCUT2D eigenvalue weighted by Gasteiger charge is -2.24. The van der Waals surface area contributed by atoms with E-state index in [9.17, 15) is 0 Å². The number of halogens is 1. The van der Waals surface area contributed by atoms with Crippen molar-refractivity contribution < 1.29 is 4.74 Å². The molecule has 0 N–H and O–H groups in total. The summed E-state index contributed by atoms with van der Waals surface area (Å²) < 4.78 is 5.64. The molecule has 0 amide bonds. The Balaban J connectivity index is 1.56. The summed E-state index contributed by atoms with van der Waals surface area (Å²) in [6.45, 7) is 4.57. The SMILES string of the molecule is Cc1cc(N2CC3(CC3)c3cnc(Cl)cc32)nc(C2CCCOC2)n1. The summed E-state index contributed by atoms with van der Waals surface area (Å²) in [7, 11) is 0. The van der Waals surface area contributed by atoms with Gasteiger partial charge in [-0.15, -0.1) is 0 Å². The molecular weight excluding hydrogens is 336 g/mol. The van der Waals surface area contributed by atoms with E-state index in [2.05, 4.69) is 16.0 Å². The van der Waals surface area contributed by atoms with Crippen molar-refractivity contribution in [1.82, 2.24) is 15.0 Å². The number of nitrogens with zero attached hydrogens (tertiary/aromatic N) is 4. The van der Waals surface area contributed by atoms with E-state index < -0.39 is 0 Å². The van der Waals surface area contributed by atoms with Crippen molar-refractivity contribution in [3.63, 3.8) is 0 Å². The van der Waals surface area contributed by atoms with Gasteiger partial charge in [0.1, 0.15) is 16.8 Å². The first kappa shape index (κ1) is 15.5. The van der Waals surface area contributed by atoms with Crippen LogP contribution >= 0.6 is 11.6 Å². The largest absolute Gasteiger partial charge is 0.381 e. The van der Waals surface area contributed by atoms with Crippen LogP contribution in [0.1, 0.15) is 48.7 Å². The Morgan fingerprint density at radius 2 is 2.16 bits per heavy atom. The number of anilines is 2. The molecule has 1 saturated carbocycles. The molecule has 2 aromatic rings. The first-order valence-electron chi connectivity index (χ1n) is 9.02. The average Bonchev–Trinajstić information content (AvgIpc) is 3.33. The fourth-order valence-electron chi connectivity index (χ4n) is 4.15. The number of hydrogen-bond acceptors (Lipinski definition) is 5. The van der Waals surface area contributed by atoms with Crippen LogP contribution in [0.4, 0.5) is 11.5 Å². The van der Waals surface area contributed by atoms with Crippen LogP contribution in [0, 0.1) is 6.92 Å². The molecule has 2 aliphatic heterocycles. The molecule has 1 saturated heterocycles. The van der Waals surface area contributed by atoms with Gasteiger partial charge in [0.15, 0.2) is 0 Å². The highest BCUT2D eigenvalue weighted by atomic mass is 35.5. The Morgan fingerprint density at radius 1 is 1.28 bits per heavy atom. The number of hydrogen-bond donors (Lipinski definition) is 0. The Labute approximate surface area is 152 Å². The fourth-order valence-corrected chi connectivity index (χ4v) is 4.30. The molecule has 3 aliphatic rings. The van der Waals surface area contributed by atoms with E-state index in [1.807, 2.05) is 19.2 Å². The Bertz CT molecular complexity index is 830. The van der Waals surface area contributed by atoms with Crippen molar-refractivity contribution in [1.29, 1.82) is 0 Å². The van der Waals surface area contributed by atoms with Gasteiger partial charge >= 0.3 is 0 Å². The van der Waals surface area contributed by atoms with Gasteiger partial charge in [0, 0.05) is 48.0 Å². The molecule has 0 radical (unpaired) electrons. The van der Waals surface area contributed by atoms with E-state index in [0.29, 0.717) is 11.1 Å². The molecule has 0 aromatic carbocycles. The predicted molar refractivity (Wildman–Crippen MR) is 96.7 cm³/mol. The highest BCUT2D eigenvalue weighted by molar-refractivity contribution is 6.29. The van der Waals surface area contributed by atoms with Gasteiger partial charge in [0.2, 0.25) is 0 Å². The molecule has 1 aliphatic carbocycles. The minimum absolute atomic E-state index is 0.250. The molecule has 5 rings (SSSR count). The maximum absolute atomic E-state index is 6.19. The lowest BCUT2D eigenvalue weighted by atomic mass is 10.0. The second-order valence-corrected chi connectivity index (χ2v) is 7.92. The fraction of sp³-hybridized carbons (Fsp3) is 0.526. The van der Waals surface area contributed by atoms with E-state index >= 15 is 0 Å². The molecule has 1 atom stereocenters. The molecule has 0 bridgehead atoms. The van der Waals surface area contributed by atoms with Crippen molar-refractivity contribution in [2.45, 2.75) is 43.9 Å². The van der Waals surface area contributed by atoms with Crippen molar-refractivity contribution in [2.24, 2.45) is 0 Å². The molecule has 2 fully saturated rings. The standard InChI is InChI=1S/C19H21ClN4O/c1-12-7-17(23-18(22-12)13-3-2-6-25-10-13)24-11-19(4-5-19)14-9-21-16(20)8-15(14)24/h7-9,13H,2-6,10-11H2,1H3. The Kier molecular flexibility index (Phi) is 3.51. The first-order valence-corrected chi connectivity index (χ1v) is 9.39. The molecule has 130 valence electrons. The van der Waals surface area contributed by atoms with E-state index in [-0.39, 0.29) is 5.41 Å². The summed E-state index contributed by atoms with van der Waals surface area (Å²) in [5, 5.41) is 0.535. The van der Waals surface area contributed by atoms with E-state index in [1.54, 1.807) is 0 Å². The van der Waals surface area contributed by atoms with Crippen LogP contribution in [0.2, 0.25) is 5.15 Å². The lowest BCUT2D eigenvalue weighted by Crippen LogP contribution is -2.23. The van der Waals surface area contributed by atoms with Crippen molar-refractivity contribution >= 4 is 23.1 Å². The minimum Gasteiger partial charge on any atom is -0.381 e. The second kappa shape index (κ2) is 5.64. The van der Waals surface area contributed by atoms with E-state index in [1.165, 1.54) is 18.4 Å². The van der Waals surface area contributed by atoms with Crippen LogP contribution in [-0.2, 0) is 10.2 Å². The van der Waals surface area contributed by atoms with Crippen molar-refractivity contribution in [3.8, 4) is 0 Å². The van der Waals surface area contributed by atoms with Gasteiger partial charge in [-0.05, 0) is 38.7 Å². The van der Waals surface area contributed by atoms with Gasteiger partial charge in [-0.2, -0.15) is 0 Å². The van der Waals surface area contributed by atoms with Crippen LogP contribution in [0.15, 0.2) is 18.3 Å². The number of fused-ring (bicyclic) bond motifs is 2. The number of aryl methyl sites for hydroxylation is 1. The highest BCUT2D eigenvalue weighted by Crippen LogP contribution is 2.57. The normalized spacial score (nSPS) is 23.8. The second-order valence-electron chi connectivity index (χ2n) is 7.53. The monoisotopic (exact) mass is 356 g/mol. The molecule has 5 nitrogen and oxygen atoms in total. The zero-order chi connectivity index (χ0) is 17.0. The van der Waals surface area contributed by atoms with Crippen LogP contribution in [-0.4, -0.2) is 34.7 Å². The van der Waals surface area contributed by atoms with Gasteiger partial charge in [-0.25, -0.2) is 15.0 Å².